The number of sulfonamides is 1. The van der Waals surface area contributed by atoms with Crippen molar-refractivity contribution in [2.24, 2.45) is 0 Å². The SMILES string of the molecule is CCc1ccc(C(=O)Nc2cccc(C(F)(F)F)c2)cc1S(=O)(=O)N1CCOCC1. The van der Waals surface area contributed by atoms with E-state index in [1.54, 1.807) is 13.0 Å². The highest BCUT2D eigenvalue weighted by atomic mass is 32.2. The maximum atomic E-state index is 13.1. The number of carbonyl (C=O) groups excluding carboxylic acids is 1. The van der Waals surface area contributed by atoms with Gasteiger partial charge in [-0.05, 0) is 42.3 Å². The van der Waals surface area contributed by atoms with Crippen molar-refractivity contribution in [3.05, 3.63) is 59.2 Å². The van der Waals surface area contributed by atoms with E-state index in [4.69, 9.17) is 4.74 Å². The van der Waals surface area contributed by atoms with Crippen LogP contribution in [0.3, 0.4) is 0 Å². The largest absolute Gasteiger partial charge is 0.416 e. The highest BCUT2D eigenvalue weighted by Crippen LogP contribution is 2.31. The fourth-order valence-corrected chi connectivity index (χ4v) is 4.86. The van der Waals surface area contributed by atoms with Gasteiger partial charge in [0.1, 0.15) is 0 Å². The third kappa shape index (κ3) is 4.82. The summed E-state index contributed by atoms with van der Waals surface area (Å²) in [5.41, 5.74) is -0.335. The number of morpholine rings is 1. The van der Waals surface area contributed by atoms with Crippen molar-refractivity contribution in [3.63, 3.8) is 0 Å². The Morgan fingerprint density at radius 3 is 2.47 bits per heavy atom. The monoisotopic (exact) mass is 442 g/mol. The lowest BCUT2D eigenvalue weighted by Gasteiger charge is -2.27. The van der Waals surface area contributed by atoms with E-state index < -0.39 is 27.7 Å². The van der Waals surface area contributed by atoms with Gasteiger partial charge in [0.05, 0.1) is 23.7 Å². The second-order valence-corrected chi connectivity index (χ2v) is 8.63. The second kappa shape index (κ2) is 8.75. The zero-order valence-electron chi connectivity index (χ0n) is 16.2. The van der Waals surface area contributed by atoms with Crippen LogP contribution in [0.4, 0.5) is 18.9 Å². The lowest BCUT2D eigenvalue weighted by atomic mass is 10.1. The van der Waals surface area contributed by atoms with Gasteiger partial charge in [0.15, 0.2) is 0 Å². The molecule has 0 aromatic heterocycles. The Labute approximate surface area is 172 Å². The quantitative estimate of drug-likeness (QED) is 0.769. The molecule has 1 fully saturated rings. The van der Waals surface area contributed by atoms with Crippen molar-refractivity contribution >= 4 is 21.6 Å². The summed E-state index contributed by atoms with van der Waals surface area (Å²) in [5.74, 6) is -0.699. The van der Waals surface area contributed by atoms with Gasteiger partial charge in [-0.1, -0.05) is 19.1 Å². The third-order valence-electron chi connectivity index (χ3n) is 4.75. The number of aryl methyl sites for hydroxylation is 1. The molecule has 3 rings (SSSR count). The van der Waals surface area contributed by atoms with Crippen molar-refractivity contribution in [2.75, 3.05) is 31.6 Å². The molecule has 1 heterocycles. The van der Waals surface area contributed by atoms with Crippen molar-refractivity contribution < 1.29 is 31.1 Å². The first-order valence-electron chi connectivity index (χ1n) is 9.32. The number of anilines is 1. The maximum absolute atomic E-state index is 13.1. The Hall–Kier alpha value is -2.43. The van der Waals surface area contributed by atoms with Crippen molar-refractivity contribution in [1.82, 2.24) is 4.31 Å². The standard InChI is InChI=1S/C20H21F3N2O4S/c1-2-14-6-7-15(12-18(14)30(27,28)25-8-10-29-11-9-25)19(26)24-17-5-3-4-16(13-17)20(21,22)23/h3-7,12-13H,2,8-11H2,1H3,(H,24,26). The van der Waals surface area contributed by atoms with Crippen LogP contribution >= 0.6 is 0 Å². The molecule has 6 nitrogen and oxygen atoms in total. The maximum Gasteiger partial charge on any atom is 0.416 e. The Bertz CT molecular complexity index is 1030. The highest BCUT2D eigenvalue weighted by molar-refractivity contribution is 7.89. The number of hydrogen-bond acceptors (Lipinski definition) is 4. The normalized spacial score (nSPS) is 15.7. The molecule has 0 bridgehead atoms. The Morgan fingerprint density at radius 1 is 1.13 bits per heavy atom. The molecule has 0 radical (unpaired) electrons. The number of rotatable bonds is 5. The highest BCUT2D eigenvalue weighted by Gasteiger charge is 2.31. The Kier molecular flexibility index (Phi) is 6.49. The summed E-state index contributed by atoms with van der Waals surface area (Å²) in [7, 11) is -3.84. The molecular weight excluding hydrogens is 421 g/mol. The van der Waals surface area contributed by atoms with Crippen LogP contribution in [-0.2, 0) is 27.4 Å². The number of carbonyl (C=O) groups is 1. The van der Waals surface area contributed by atoms with E-state index in [0.29, 0.717) is 12.0 Å². The summed E-state index contributed by atoms with van der Waals surface area (Å²) in [6, 6.07) is 8.52. The van der Waals surface area contributed by atoms with Crippen LogP contribution in [-0.4, -0.2) is 44.9 Å². The first-order chi connectivity index (χ1) is 14.1. The van der Waals surface area contributed by atoms with Crippen LogP contribution in [0, 0.1) is 0 Å². The van der Waals surface area contributed by atoms with Gasteiger partial charge in [0.2, 0.25) is 10.0 Å². The van der Waals surface area contributed by atoms with Gasteiger partial charge < -0.3 is 10.1 Å². The summed E-state index contributed by atoms with van der Waals surface area (Å²) in [6.45, 7) is 2.81. The number of hydrogen-bond donors (Lipinski definition) is 1. The van der Waals surface area contributed by atoms with Gasteiger partial charge in [-0.25, -0.2) is 8.42 Å². The van der Waals surface area contributed by atoms with E-state index in [0.717, 1.165) is 12.1 Å². The first kappa shape index (κ1) is 22.3. The van der Waals surface area contributed by atoms with Crippen molar-refractivity contribution in [1.29, 1.82) is 0 Å². The smallest absolute Gasteiger partial charge is 0.379 e. The van der Waals surface area contributed by atoms with Gasteiger partial charge in [-0.3, -0.25) is 4.79 Å². The molecule has 2 aromatic rings. The minimum atomic E-state index is -4.54. The van der Waals surface area contributed by atoms with E-state index in [2.05, 4.69) is 5.32 Å². The molecule has 0 saturated carbocycles. The molecule has 1 N–H and O–H groups in total. The van der Waals surface area contributed by atoms with Gasteiger partial charge >= 0.3 is 6.18 Å². The number of halogens is 3. The van der Waals surface area contributed by atoms with Crippen molar-refractivity contribution in [3.8, 4) is 0 Å². The average Bonchev–Trinajstić information content (AvgIpc) is 2.73. The minimum Gasteiger partial charge on any atom is -0.379 e. The number of nitrogens with one attached hydrogen (secondary N) is 1. The first-order valence-corrected chi connectivity index (χ1v) is 10.8. The molecule has 2 aromatic carbocycles. The molecule has 0 spiro atoms. The Balaban J connectivity index is 1.90. The third-order valence-corrected chi connectivity index (χ3v) is 6.73. The van der Waals surface area contributed by atoms with E-state index in [9.17, 15) is 26.4 Å². The van der Waals surface area contributed by atoms with Crippen LogP contribution in [0.15, 0.2) is 47.4 Å². The molecule has 1 aliphatic rings. The fraction of sp³-hybridized carbons (Fsp3) is 0.350. The number of alkyl halides is 3. The number of ether oxygens (including phenoxy) is 1. The lowest BCUT2D eigenvalue weighted by Crippen LogP contribution is -2.41. The zero-order valence-corrected chi connectivity index (χ0v) is 17.0. The van der Waals surface area contributed by atoms with Crippen LogP contribution in [0.5, 0.6) is 0 Å². The van der Waals surface area contributed by atoms with Gasteiger partial charge in [-0.2, -0.15) is 17.5 Å². The van der Waals surface area contributed by atoms with Crippen LogP contribution in [0.1, 0.15) is 28.4 Å². The van der Waals surface area contributed by atoms with Crippen LogP contribution in [0.2, 0.25) is 0 Å². The molecular formula is C20H21F3N2O4S. The minimum absolute atomic E-state index is 0.0172. The van der Waals surface area contributed by atoms with Gasteiger partial charge in [0.25, 0.3) is 5.91 Å². The lowest BCUT2D eigenvalue weighted by molar-refractivity contribution is -0.137. The summed E-state index contributed by atoms with van der Waals surface area (Å²) in [4.78, 5) is 12.6. The molecule has 1 saturated heterocycles. The number of benzene rings is 2. The average molecular weight is 442 g/mol. The molecule has 162 valence electrons. The van der Waals surface area contributed by atoms with Gasteiger partial charge in [-0.15, -0.1) is 0 Å². The topological polar surface area (TPSA) is 75.7 Å². The second-order valence-electron chi connectivity index (χ2n) is 6.73. The molecule has 10 heteroatoms. The zero-order chi connectivity index (χ0) is 21.9. The van der Waals surface area contributed by atoms with E-state index in [-0.39, 0.29) is 42.4 Å². The molecule has 0 aliphatic carbocycles. The number of amides is 1. The predicted octanol–water partition coefficient (Wildman–Crippen LogP) is 3.54. The van der Waals surface area contributed by atoms with E-state index >= 15 is 0 Å². The molecule has 1 amide bonds. The van der Waals surface area contributed by atoms with Crippen molar-refractivity contribution in [2.45, 2.75) is 24.4 Å². The van der Waals surface area contributed by atoms with E-state index in [1.807, 2.05) is 0 Å². The Morgan fingerprint density at radius 2 is 1.83 bits per heavy atom. The molecule has 1 aliphatic heterocycles. The van der Waals surface area contributed by atoms with Crippen LogP contribution in [0.25, 0.3) is 0 Å². The molecule has 0 atom stereocenters. The summed E-state index contributed by atoms with van der Waals surface area (Å²) >= 11 is 0. The molecule has 0 unspecified atom stereocenters. The molecule has 30 heavy (non-hydrogen) atoms. The number of nitrogens with zero attached hydrogens (tertiary/aromatic N) is 1. The van der Waals surface area contributed by atoms with E-state index in [1.165, 1.54) is 28.6 Å². The summed E-state index contributed by atoms with van der Waals surface area (Å²) in [5, 5.41) is 2.40. The summed E-state index contributed by atoms with van der Waals surface area (Å²) in [6.07, 6.45) is -4.10. The van der Waals surface area contributed by atoms with Gasteiger partial charge in [0, 0.05) is 24.3 Å². The fourth-order valence-electron chi connectivity index (χ4n) is 3.13. The summed E-state index contributed by atoms with van der Waals surface area (Å²) < 4.78 is 71.3. The van der Waals surface area contributed by atoms with Crippen LogP contribution < -0.4 is 5.32 Å². The predicted molar refractivity (Wildman–Crippen MR) is 105 cm³/mol.